The fourth-order valence-corrected chi connectivity index (χ4v) is 1.27. The van der Waals surface area contributed by atoms with E-state index in [1.165, 1.54) is 11.4 Å². The van der Waals surface area contributed by atoms with Crippen molar-refractivity contribution in [3.63, 3.8) is 0 Å². The molecule has 15 heavy (non-hydrogen) atoms. The number of rotatable bonds is 3. The molecule has 2 heteroatoms. The van der Waals surface area contributed by atoms with Crippen molar-refractivity contribution in [2.45, 2.75) is 47.5 Å². The Hall–Kier alpha value is -0.920. The van der Waals surface area contributed by atoms with E-state index in [9.17, 15) is 0 Å². The molecule has 0 aromatic carbocycles. The molecule has 0 atom stereocenters. The Bertz CT molecular complexity index is 181. The van der Waals surface area contributed by atoms with E-state index in [2.05, 4.69) is 29.7 Å². The van der Waals surface area contributed by atoms with Gasteiger partial charge in [0.15, 0.2) is 0 Å². The van der Waals surface area contributed by atoms with Gasteiger partial charge in [-0.1, -0.05) is 39.8 Å². The molecule has 0 spiro atoms. The van der Waals surface area contributed by atoms with Crippen LogP contribution in [0.1, 0.15) is 47.5 Å². The number of allylic oxidation sites excluding steroid dienone is 2. The molecule has 0 amide bonds. The molecule has 0 heterocycles. The number of nitrogens with one attached hydrogen (secondary N) is 2. The van der Waals surface area contributed by atoms with E-state index in [4.69, 9.17) is 0 Å². The predicted molar refractivity (Wildman–Crippen MR) is 70.8 cm³/mol. The molecule has 0 unspecified atom stereocenters. The Morgan fingerprint density at radius 2 is 1.47 bits per heavy atom. The van der Waals surface area contributed by atoms with Crippen LogP contribution in [0.5, 0.6) is 0 Å². The van der Waals surface area contributed by atoms with Gasteiger partial charge >= 0.3 is 0 Å². The summed E-state index contributed by atoms with van der Waals surface area (Å²) in [5.41, 5.74) is 2.49. The molecule has 1 rings (SSSR count). The van der Waals surface area contributed by atoms with Crippen molar-refractivity contribution in [2.24, 2.45) is 0 Å². The first kappa shape index (κ1) is 16.5. The van der Waals surface area contributed by atoms with Crippen LogP contribution in [0.15, 0.2) is 23.5 Å². The molecule has 0 radical (unpaired) electrons. The molecule has 0 bridgehead atoms. The van der Waals surface area contributed by atoms with E-state index >= 15 is 0 Å². The summed E-state index contributed by atoms with van der Waals surface area (Å²) in [4.78, 5) is 0. The highest BCUT2D eigenvalue weighted by Crippen LogP contribution is 2.12. The van der Waals surface area contributed by atoms with Crippen molar-refractivity contribution in [2.75, 3.05) is 13.6 Å². The van der Waals surface area contributed by atoms with Gasteiger partial charge in [0.2, 0.25) is 0 Å². The maximum absolute atomic E-state index is 3.32. The maximum atomic E-state index is 3.32. The molecule has 0 aliphatic heterocycles. The minimum Gasteiger partial charge on any atom is -0.387 e. The first-order valence-electron chi connectivity index (χ1n) is 6.20. The van der Waals surface area contributed by atoms with Crippen molar-refractivity contribution in [3.8, 4) is 0 Å². The maximum Gasteiger partial charge on any atom is 0.0532 e. The summed E-state index contributed by atoms with van der Waals surface area (Å²) in [6.45, 7) is 11.1. The van der Waals surface area contributed by atoms with Crippen molar-refractivity contribution in [1.29, 1.82) is 0 Å². The standard InChI is InChI=1S/C9H16N2.2C2H6/c1-3-11-9-7-5-4-6-8(9)10-2;2*1-2/h6-7,10-11H,3-5H2,1-2H3;2*1-2H3. The third-order valence-electron chi connectivity index (χ3n) is 1.79. The predicted octanol–water partition coefficient (Wildman–Crippen LogP) is 3.43. The second kappa shape index (κ2) is 13.1. The molecule has 0 saturated heterocycles. The highest BCUT2D eigenvalue weighted by Gasteiger charge is 2.04. The van der Waals surface area contributed by atoms with Gasteiger partial charge in [0.05, 0.1) is 11.4 Å². The molecule has 1 aliphatic carbocycles. The van der Waals surface area contributed by atoms with Crippen LogP contribution in [0, 0.1) is 0 Å². The highest BCUT2D eigenvalue weighted by molar-refractivity contribution is 5.30. The zero-order chi connectivity index (χ0) is 12.1. The van der Waals surface area contributed by atoms with Gasteiger partial charge in [-0.2, -0.15) is 0 Å². The fourth-order valence-electron chi connectivity index (χ4n) is 1.27. The molecule has 90 valence electrons. The third kappa shape index (κ3) is 7.06. The Morgan fingerprint density at radius 3 is 1.87 bits per heavy atom. The minimum atomic E-state index is 0.991. The molecular formula is C13H28N2. The summed E-state index contributed by atoms with van der Waals surface area (Å²) < 4.78 is 0. The van der Waals surface area contributed by atoms with Crippen molar-refractivity contribution in [3.05, 3.63) is 23.5 Å². The Balaban J connectivity index is 0. The molecule has 1 aliphatic rings. The third-order valence-corrected chi connectivity index (χ3v) is 1.79. The lowest BCUT2D eigenvalue weighted by atomic mass is 10.1. The zero-order valence-corrected chi connectivity index (χ0v) is 11.3. The second-order valence-electron chi connectivity index (χ2n) is 2.59. The van der Waals surface area contributed by atoms with Gasteiger partial charge in [-0.25, -0.2) is 0 Å². The van der Waals surface area contributed by atoms with Crippen molar-refractivity contribution < 1.29 is 0 Å². The van der Waals surface area contributed by atoms with Crippen molar-refractivity contribution >= 4 is 0 Å². The van der Waals surface area contributed by atoms with Crippen LogP contribution in [-0.4, -0.2) is 13.6 Å². The van der Waals surface area contributed by atoms with Gasteiger partial charge in [0, 0.05) is 13.6 Å². The van der Waals surface area contributed by atoms with Gasteiger partial charge in [-0.3, -0.25) is 0 Å². The summed E-state index contributed by atoms with van der Waals surface area (Å²) in [7, 11) is 1.96. The average molecular weight is 212 g/mol. The molecule has 2 N–H and O–H groups in total. The first-order valence-corrected chi connectivity index (χ1v) is 6.20. The van der Waals surface area contributed by atoms with Gasteiger partial charge in [0.25, 0.3) is 0 Å². The van der Waals surface area contributed by atoms with E-state index in [1.807, 2.05) is 34.7 Å². The Kier molecular flexibility index (Phi) is 14.4. The van der Waals surface area contributed by atoms with Gasteiger partial charge in [-0.05, 0) is 19.8 Å². The number of hydrogen-bond acceptors (Lipinski definition) is 2. The van der Waals surface area contributed by atoms with Crippen LogP contribution < -0.4 is 10.6 Å². The molecule has 2 nitrogen and oxygen atoms in total. The van der Waals surface area contributed by atoms with Gasteiger partial charge in [0.1, 0.15) is 0 Å². The molecule has 0 aromatic rings. The normalized spacial score (nSPS) is 13.2. The van der Waals surface area contributed by atoms with Crippen LogP contribution in [0.4, 0.5) is 0 Å². The Labute approximate surface area is 95.8 Å². The highest BCUT2D eigenvalue weighted by atomic mass is 15.0. The minimum absolute atomic E-state index is 0.991. The molecular weight excluding hydrogens is 184 g/mol. The molecule has 0 aromatic heterocycles. The van der Waals surface area contributed by atoms with E-state index in [-0.39, 0.29) is 0 Å². The summed E-state index contributed by atoms with van der Waals surface area (Å²) >= 11 is 0. The summed E-state index contributed by atoms with van der Waals surface area (Å²) in [6.07, 6.45) is 6.80. The van der Waals surface area contributed by atoms with E-state index in [1.54, 1.807) is 0 Å². The lowest BCUT2D eigenvalue weighted by Crippen LogP contribution is -2.22. The van der Waals surface area contributed by atoms with Crippen LogP contribution in [0.3, 0.4) is 0 Å². The Morgan fingerprint density at radius 1 is 1.00 bits per heavy atom. The van der Waals surface area contributed by atoms with E-state index < -0.39 is 0 Å². The first-order chi connectivity index (χ1) is 7.38. The van der Waals surface area contributed by atoms with Gasteiger partial charge < -0.3 is 10.6 Å². The van der Waals surface area contributed by atoms with Crippen LogP contribution in [0.2, 0.25) is 0 Å². The summed E-state index contributed by atoms with van der Waals surface area (Å²) in [5.74, 6) is 0. The largest absolute Gasteiger partial charge is 0.387 e. The number of likely N-dealkylation sites (N-methyl/N-ethyl adjacent to an activating group) is 2. The summed E-state index contributed by atoms with van der Waals surface area (Å²) in [5, 5.41) is 6.48. The van der Waals surface area contributed by atoms with Gasteiger partial charge in [-0.15, -0.1) is 0 Å². The van der Waals surface area contributed by atoms with E-state index in [0.717, 1.165) is 19.4 Å². The average Bonchev–Trinajstić information content (AvgIpc) is 2.35. The SMILES string of the molecule is CC.CC.CCNC1=CCCC=C1NC. The smallest absolute Gasteiger partial charge is 0.0532 e. The lowest BCUT2D eigenvalue weighted by Gasteiger charge is -2.16. The fraction of sp³-hybridized carbons (Fsp3) is 0.692. The van der Waals surface area contributed by atoms with Crippen LogP contribution in [0.25, 0.3) is 0 Å². The lowest BCUT2D eigenvalue weighted by molar-refractivity contribution is 0.790. The van der Waals surface area contributed by atoms with Crippen molar-refractivity contribution in [1.82, 2.24) is 10.6 Å². The molecule has 0 fully saturated rings. The molecule has 0 saturated carbocycles. The zero-order valence-electron chi connectivity index (χ0n) is 11.3. The van der Waals surface area contributed by atoms with E-state index in [0.29, 0.717) is 0 Å². The monoisotopic (exact) mass is 212 g/mol. The second-order valence-corrected chi connectivity index (χ2v) is 2.59. The number of hydrogen-bond donors (Lipinski definition) is 2. The summed E-state index contributed by atoms with van der Waals surface area (Å²) in [6, 6.07) is 0. The van der Waals surface area contributed by atoms with Crippen LogP contribution in [-0.2, 0) is 0 Å². The quantitative estimate of drug-likeness (QED) is 0.749. The topological polar surface area (TPSA) is 24.1 Å². The van der Waals surface area contributed by atoms with Crippen LogP contribution >= 0.6 is 0 Å².